The summed E-state index contributed by atoms with van der Waals surface area (Å²) in [5.74, 6) is 0.166. The first-order chi connectivity index (χ1) is 12.1. The predicted molar refractivity (Wildman–Crippen MR) is 96.5 cm³/mol. The second-order valence-electron chi connectivity index (χ2n) is 6.13. The third-order valence-electron chi connectivity index (χ3n) is 4.18. The maximum absolute atomic E-state index is 13.9. The van der Waals surface area contributed by atoms with Crippen molar-refractivity contribution in [2.45, 2.75) is 25.4 Å². The van der Waals surface area contributed by atoms with Crippen LogP contribution in [0, 0.1) is 5.82 Å². The van der Waals surface area contributed by atoms with Gasteiger partial charge in [0.15, 0.2) is 0 Å². The maximum atomic E-state index is 13.9. The van der Waals surface area contributed by atoms with Crippen LogP contribution in [-0.4, -0.2) is 30.5 Å². The van der Waals surface area contributed by atoms with Crippen molar-refractivity contribution in [2.24, 2.45) is 0 Å². The lowest BCUT2D eigenvalue weighted by Crippen LogP contribution is -2.34. The van der Waals surface area contributed by atoms with E-state index in [2.05, 4.69) is 5.32 Å². The van der Waals surface area contributed by atoms with Crippen molar-refractivity contribution in [3.63, 3.8) is 0 Å². The van der Waals surface area contributed by atoms with E-state index in [0.717, 1.165) is 12.8 Å². The van der Waals surface area contributed by atoms with Gasteiger partial charge in [0.1, 0.15) is 11.6 Å². The highest BCUT2D eigenvalue weighted by molar-refractivity contribution is 6.32. The zero-order valence-corrected chi connectivity index (χ0v) is 14.7. The molecule has 0 spiro atoms. The summed E-state index contributed by atoms with van der Waals surface area (Å²) >= 11 is 6.08. The number of benzene rings is 2. The first-order valence-electron chi connectivity index (χ1n) is 8.17. The molecule has 2 aromatic rings. The van der Waals surface area contributed by atoms with Gasteiger partial charge >= 0.3 is 0 Å². The summed E-state index contributed by atoms with van der Waals surface area (Å²) in [7, 11) is 1.54. The number of nitrogens with zero attached hydrogens (tertiary/aromatic N) is 1. The van der Waals surface area contributed by atoms with Crippen LogP contribution in [0.15, 0.2) is 42.5 Å². The molecule has 2 aromatic carbocycles. The van der Waals surface area contributed by atoms with E-state index in [9.17, 15) is 9.18 Å². The average molecular weight is 363 g/mol. The molecule has 1 fully saturated rings. The van der Waals surface area contributed by atoms with Gasteiger partial charge in [-0.3, -0.25) is 9.69 Å². The van der Waals surface area contributed by atoms with Crippen molar-refractivity contribution < 1.29 is 13.9 Å². The highest BCUT2D eigenvalue weighted by Gasteiger charge is 2.30. The summed E-state index contributed by atoms with van der Waals surface area (Å²) in [4.78, 5) is 14.4. The van der Waals surface area contributed by atoms with Crippen LogP contribution >= 0.6 is 11.6 Å². The van der Waals surface area contributed by atoms with E-state index in [1.807, 2.05) is 11.0 Å². The number of amides is 1. The van der Waals surface area contributed by atoms with Gasteiger partial charge in [-0.25, -0.2) is 4.39 Å². The molecule has 0 unspecified atom stereocenters. The SMILES string of the molecule is COc1ccc(NC(=O)CN(Cc2ccccc2F)C2CC2)cc1Cl. The molecular weight excluding hydrogens is 343 g/mol. The Bertz CT molecular complexity index is 765. The number of carbonyl (C=O) groups is 1. The zero-order valence-electron chi connectivity index (χ0n) is 14.0. The Kier molecular flexibility index (Phi) is 5.56. The minimum atomic E-state index is -0.240. The Labute approximate surface area is 151 Å². The van der Waals surface area contributed by atoms with Gasteiger partial charge in [0.05, 0.1) is 18.7 Å². The van der Waals surface area contributed by atoms with E-state index >= 15 is 0 Å². The van der Waals surface area contributed by atoms with Gasteiger partial charge < -0.3 is 10.1 Å². The van der Waals surface area contributed by atoms with Crippen molar-refractivity contribution in [2.75, 3.05) is 19.0 Å². The minimum absolute atomic E-state index is 0.149. The van der Waals surface area contributed by atoms with Crippen LogP contribution in [0.4, 0.5) is 10.1 Å². The number of nitrogens with one attached hydrogen (secondary N) is 1. The summed E-state index contributed by atoms with van der Waals surface area (Å²) in [6.07, 6.45) is 2.08. The Morgan fingerprint density at radius 3 is 2.72 bits per heavy atom. The molecule has 6 heteroatoms. The minimum Gasteiger partial charge on any atom is -0.495 e. The van der Waals surface area contributed by atoms with Crippen LogP contribution in [0.3, 0.4) is 0 Å². The van der Waals surface area contributed by atoms with Crippen LogP contribution < -0.4 is 10.1 Å². The molecule has 0 aliphatic heterocycles. The van der Waals surface area contributed by atoms with E-state index in [0.29, 0.717) is 34.6 Å². The second-order valence-corrected chi connectivity index (χ2v) is 6.53. The number of carbonyl (C=O) groups excluding carboxylic acids is 1. The summed E-state index contributed by atoms with van der Waals surface area (Å²) in [6.45, 7) is 0.636. The van der Waals surface area contributed by atoms with Crippen molar-refractivity contribution in [3.05, 3.63) is 58.9 Å². The molecule has 0 atom stereocenters. The molecule has 1 amide bonds. The molecule has 0 radical (unpaired) electrons. The second kappa shape index (κ2) is 7.85. The van der Waals surface area contributed by atoms with Crippen LogP contribution in [0.25, 0.3) is 0 Å². The zero-order chi connectivity index (χ0) is 17.8. The Morgan fingerprint density at radius 1 is 1.32 bits per heavy atom. The molecule has 3 rings (SSSR count). The van der Waals surface area contributed by atoms with Gasteiger partial charge in [0, 0.05) is 23.8 Å². The number of methoxy groups -OCH3 is 1. The topological polar surface area (TPSA) is 41.6 Å². The van der Waals surface area contributed by atoms with E-state index in [-0.39, 0.29) is 18.3 Å². The van der Waals surface area contributed by atoms with Gasteiger partial charge in [-0.1, -0.05) is 29.8 Å². The molecule has 25 heavy (non-hydrogen) atoms. The van der Waals surface area contributed by atoms with Gasteiger partial charge in [-0.15, -0.1) is 0 Å². The van der Waals surface area contributed by atoms with Crippen LogP contribution in [-0.2, 0) is 11.3 Å². The monoisotopic (exact) mass is 362 g/mol. The number of hydrogen-bond acceptors (Lipinski definition) is 3. The lowest BCUT2D eigenvalue weighted by molar-refractivity contribution is -0.117. The maximum Gasteiger partial charge on any atom is 0.238 e. The van der Waals surface area contributed by atoms with Crippen molar-refractivity contribution in [1.29, 1.82) is 0 Å². The fourth-order valence-electron chi connectivity index (χ4n) is 2.73. The fourth-order valence-corrected chi connectivity index (χ4v) is 2.99. The van der Waals surface area contributed by atoms with Crippen LogP contribution in [0.1, 0.15) is 18.4 Å². The largest absolute Gasteiger partial charge is 0.495 e. The summed E-state index contributed by atoms with van der Waals surface area (Å²) in [5, 5.41) is 3.27. The Hall–Kier alpha value is -2.11. The molecule has 0 bridgehead atoms. The number of halogens is 2. The van der Waals surface area contributed by atoms with Gasteiger partial charge in [-0.05, 0) is 37.1 Å². The van der Waals surface area contributed by atoms with E-state index in [1.165, 1.54) is 13.2 Å². The molecule has 1 saturated carbocycles. The van der Waals surface area contributed by atoms with Crippen molar-refractivity contribution in [3.8, 4) is 5.75 Å². The highest BCUT2D eigenvalue weighted by atomic mass is 35.5. The van der Waals surface area contributed by atoms with Crippen LogP contribution in [0.5, 0.6) is 5.75 Å². The smallest absolute Gasteiger partial charge is 0.238 e. The molecule has 1 N–H and O–H groups in total. The highest BCUT2D eigenvalue weighted by Crippen LogP contribution is 2.29. The molecule has 0 aromatic heterocycles. The lowest BCUT2D eigenvalue weighted by Gasteiger charge is -2.22. The molecular formula is C19H20ClFN2O2. The van der Waals surface area contributed by atoms with Crippen molar-refractivity contribution >= 4 is 23.2 Å². The first-order valence-corrected chi connectivity index (χ1v) is 8.55. The number of anilines is 1. The third kappa shape index (κ3) is 4.71. The molecule has 132 valence electrons. The normalized spacial score (nSPS) is 13.8. The quantitative estimate of drug-likeness (QED) is 0.806. The third-order valence-corrected chi connectivity index (χ3v) is 4.47. The molecule has 4 nitrogen and oxygen atoms in total. The van der Waals surface area contributed by atoms with Gasteiger partial charge in [-0.2, -0.15) is 0 Å². The van der Waals surface area contributed by atoms with Crippen LogP contribution in [0.2, 0.25) is 5.02 Å². The van der Waals surface area contributed by atoms with Crippen molar-refractivity contribution in [1.82, 2.24) is 4.90 Å². The van der Waals surface area contributed by atoms with Gasteiger partial charge in [0.25, 0.3) is 0 Å². The molecule has 0 heterocycles. The van der Waals surface area contributed by atoms with Gasteiger partial charge in [0.2, 0.25) is 5.91 Å². The number of hydrogen-bond donors (Lipinski definition) is 1. The van der Waals surface area contributed by atoms with E-state index in [1.54, 1.807) is 30.3 Å². The lowest BCUT2D eigenvalue weighted by atomic mass is 10.2. The summed E-state index contributed by atoms with van der Waals surface area (Å²) in [5.41, 5.74) is 1.21. The first kappa shape index (κ1) is 17.7. The Balaban J connectivity index is 1.63. The fraction of sp³-hybridized carbons (Fsp3) is 0.316. The van der Waals surface area contributed by atoms with E-state index < -0.39 is 0 Å². The molecule has 1 aliphatic rings. The number of rotatable bonds is 7. The predicted octanol–water partition coefficient (Wildman–Crippen LogP) is 4.09. The van der Waals surface area contributed by atoms with E-state index in [4.69, 9.17) is 16.3 Å². The molecule has 0 saturated heterocycles. The Morgan fingerprint density at radius 2 is 2.08 bits per heavy atom. The summed E-state index contributed by atoms with van der Waals surface area (Å²) in [6, 6.07) is 12.1. The summed E-state index contributed by atoms with van der Waals surface area (Å²) < 4.78 is 19.0. The average Bonchev–Trinajstić information content (AvgIpc) is 3.41. The number of ether oxygens (including phenoxy) is 1. The molecule has 1 aliphatic carbocycles. The standard InChI is InChI=1S/C19H20ClFN2O2/c1-25-18-9-6-14(10-16(18)20)22-19(24)12-23(15-7-8-15)11-13-4-2-3-5-17(13)21/h2-6,9-10,15H,7-8,11-12H2,1H3,(H,22,24).